The molecule has 23 heavy (non-hydrogen) atoms. The van der Waals surface area contributed by atoms with Gasteiger partial charge in [-0.1, -0.05) is 29.5 Å². The predicted octanol–water partition coefficient (Wildman–Crippen LogP) is 3.71. The van der Waals surface area contributed by atoms with Crippen LogP contribution in [0.25, 0.3) is 10.9 Å². The molecule has 3 aromatic rings. The number of amides is 1. The van der Waals surface area contributed by atoms with Gasteiger partial charge in [0.05, 0.1) is 10.6 Å². The summed E-state index contributed by atoms with van der Waals surface area (Å²) in [5, 5.41) is 4.40. The first-order valence-corrected chi connectivity index (χ1v) is 8.19. The number of para-hydroxylation sites is 1. The highest BCUT2D eigenvalue weighted by atomic mass is 32.1. The van der Waals surface area contributed by atoms with Crippen molar-refractivity contribution in [1.82, 2.24) is 9.97 Å². The molecule has 0 atom stereocenters. The van der Waals surface area contributed by atoms with Gasteiger partial charge >= 0.3 is 0 Å². The number of hydrogen-bond acceptors (Lipinski definition) is 4. The van der Waals surface area contributed by atoms with Crippen LogP contribution in [0.1, 0.15) is 34.3 Å². The van der Waals surface area contributed by atoms with E-state index in [4.69, 9.17) is 0 Å². The molecule has 0 bridgehead atoms. The second kappa shape index (κ2) is 6.34. The summed E-state index contributed by atoms with van der Waals surface area (Å²) in [6.07, 6.45) is 2.97. The number of H-pyrrole nitrogens is 1. The molecule has 6 heteroatoms. The minimum absolute atomic E-state index is 0.0284. The van der Waals surface area contributed by atoms with Crippen LogP contribution in [-0.4, -0.2) is 21.7 Å². The third-order valence-electron chi connectivity index (χ3n) is 3.66. The molecule has 0 spiro atoms. The molecule has 5 nitrogen and oxygen atoms in total. The zero-order valence-corrected chi connectivity index (χ0v) is 13.8. The first-order valence-electron chi connectivity index (χ1n) is 7.38. The van der Waals surface area contributed by atoms with Gasteiger partial charge in [-0.25, -0.2) is 4.98 Å². The lowest BCUT2D eigenvalue weighted by molar-refractivity contribution is -0.116. The molecule has 2 heterocycles. The van der Waals surface area contributed by atoms with Crippen LogP contribution in [0.15, 0.2) is 30.5 Å². The van der Waals surface area contributed by atoms with Crippen molar-refractivity contribution in [3.63, 3.8) is 0 Å². The number of carbonyl (C=O) groups excluding carboxylic acids is 2. The number of Topliss-reactive ketones (excluding diaryl/α,β-unsaturated/α-hetero) is 1. The Labute approximate surface area is 137 Å². The number of thiazole rings is 1. The molecular formula is C17H17N3O2S. The van der Waals surface area contributed by atoms with Gasteiger partial charge in [0.1, 0.15) is 0 Å². The summed E-state index contributed by atoms with van der Waals surface area (Å²) in [6.45, 7) is 3.28. The second-order valence-corrected chi connectivity index (χ2v) is 6.40. The van der Waals surface area contributed by atoms with Crippen LogP contribution in [0.4, 0.5) is 5.13 Å². The van der Waals surface area contributed by atoms with Gasteiger partial charge in [-0.15, -0.1) is 0 Å². The summed E-state index contributed by atoms with van der Waals surface area (Å²) in [4.78, 5) is 31.5. The van der Waals surface area contributed by atoms with Gasteiger partial charge in [0.2, 0.25) is 5.91 Å². The molecule has 0 fully saturated rings. The second-order valence-electron chi connectivity index (χ2n) is 5.40. The topological polar surface area (TPSA) is 74.8 Å². The Balaban J connectivity index is 1.64. The smallest absolute Gasteiger partial charge is 0.226 e. The van der Waals surface area contributed by atoms with E-state index in [2.05, 4.69) is 15.3 Å². The van der Waals surface area contributed by atoms with Crippen LogP contribution < -0.4 is 5.32 Å². The molecule has 0 saturated heterocycles. The van der Waals surface area contributed by atoms with Crippen LogP contribution >= 0.6 is 11.3 Å². The van der Waals surface area contributed by atoms with Crippen LogP contribution in [0, 0.1) is 6.92 Å². The fraction of sp³-hybridized carbons (Fsp3) is 0.235. The van der Waals surface area contributed by atoms with E-state index in [0.717, 1.165) is 16.5 Å². The number of carbonyl (C=O) groups is 2. The molecule has 2 aromatic heterocycles. The molecule has 0 radical (unpaired) electrons. The van der Waals surface area contributed by atoms with Crippen LogP contribution in [-0.2, 0) is 11.2 Å². The standard InChI is InChI=1S/C17H17N3O2S/c1-10-16(11(2)21)23-17(19-10)20-15(22)8-7-12-9-18-14-6-4-3-5-13(12)14/h3-6,9,18H,7-8H2,1-2H3,(H,19,20,22). The van der Waals surface area contributed by atoms with Crippen molar-refractivity contribution in [2.24, 2.45) is 0 Å². The van der Waals surface area contributed by atoms with Gasteiger partial charge in [-0.3, -0.25) is 9.59 Å². The van der Waals surface area contributed by atoms with Gasteiger partial charge in [-0.05, 0) is 25.0 Å². The molecule has 1 aromatic carbocycles. The largest absolute Gasteiger partial charge is 0.361 e. The molecule has 0 saturated carbocycles. The zero-order chi connectivity index (χ0) is 16.4. The molecule has 118 valence electrons. The Morgan fingerprint density at radius 1 is 1.30 bits per heavy atom. The quantitative estimate of drug-likeness (QED) is 0.702. The average molecular weight is 327 g/mol. The first kappa shape index (κ1) is 15.4. The SMILES string of the molecule is CC(=O)c1sc(NC(=O)CCc2c[nH]c3ccccc23)nc1C. The number of ketones is 1. The van der Waals surface area contributed by atoms with E-state index in [0.29, 0.717) is 28.5 Å². The maximum atomic E-state index is 12.1. The van der Waals surface area contributed by atoms with E-state index >= 15 is 0 Å². The summed E-state index contributed by atoms with van der Waals surface area (Å²) in [5.74, 6) is -0.126. The van der Waals surface area contributed by atoms with E-state index in [1.807, 2.05) is 30.5 Å². The van der Waals surface area contributed by atoms with Gasteiger partial charge in [0, 0.05) is 30.4 Å². The van der Waals surface area contributed by atoms with Gasteiger partial charge in [0.25, 0.3) is 0 Å². The Kier molecular flexibility index (Phi) is 4.25. The summed E-state index contributed by atoms with van der Waals surface area (Å²) in [5.41, 5.74) is 2.86. The number of hydrogen-bond donors (Lipinski definition) is 2. The number of aromatic amines is 1. The summed E-state index contributed by atoms with van der Waals surface area (Å²) >= 11 is 1.22. The molecule has 0 aliphatic heterocycles. The van der Waals surface area contributed by atoms with Crippen molar-refractivity contribution in [3.05, 3.63) is 46.6 Å². The van der Waals surface area contributed by atoms with Crippen LogP contribution in [0.3, 0.4) is 0 Å². The number of fused-ring (bicyclic) bond motifs is 1. The molecule has 0 aliphatic rings. The maximum Gasteiger partial charge on any atom is 0.226 e. The Hall–Kier alpha value is -2.47. The minimum atomic E-state index is -0.0980. The van der Waals surface area contributed by atoms with Gasteiger partial charge < -0.3 is 10.3 Å². The minimum Gasteiger partial charge on any atom is -0.361 e. The van der Waals surface area contributed by atoms with Crippen molar-refractivity contribution in [3.8, 4) is 0 Å². The van der Waals surface area contributed by atoms with Crippen LogP contribution in [0.5, 0.6) is 0 Å². The van der Waals surface area contributed by atoms with E-state index in [1.165, 1.54) is 18.3 Å². The summed E-state index contributed by atoms with van der Waals surface area (Å²) in [6, 6.07) is 8.02. The third kappa shape index (κ3) is 3.32. The number of aromatic nitrogens is 2. The van der Waals surface area contributed by atoms with Crippen molar-refractivity contribution in [2.45, 2.75) is 26.7 Å². The molecule has 2 N–H and O–H groups in total. The van der Waals surface area contributed by atoms with Crippen molar-refractivity contribution < 1.29 is 9.59 Å². The number of anilines is 1. The number of nitrogens with one attached hydrogen (secondary N) is 2. The van der Waals surface area contributed by atoms with Gasteiger partial charge in [0.15, 0.2) is 10.9 Å². The lowest BCUT2D eigenvalue weighted by atomic mass is 10.1. The van der Waals surface area contributed by atoms with Crippen molar-refractivity contribution in [2.75, 3.05) is 5.32 Å². The third-order valence-corrected chi connectivity index (χ3v) is 4.83. The van der Waals surface area contributed by atoms with Crippen molar-refractivity contribution in [1.29, 1.82) is 0 Å². The zero-order valence-electron chi connectivity index (χ0n) is 13.0. The van der Waals surface area contributed by atoms with E-state index in [1.54, 1.807) is 6.92 Å². The average Bonchev–Trinajstić information content (AvgIpc) is 3.09. The molecular weight excluding hydrogens is 310 g/mol. The summed E-state index contributed by atoms with van der Waals surface area (Å²) < 4.78 is 0. The first-order chi connectivity index (χ1) is 11.0. The van der Waals surface area contributed by atoms with E-state index in [-0.39, 0.29) is 11.7 Å². The molecule has 1 amide bonds. The summed E-state index contributed by atoms with van der Waals surface area (Å²) in [7, 11) is 0. The Morgan fingerprint density at radius 3 is 2.83 bits per heavy atom. The highest BCUT2D eigenvalue weighted by molar-refractivity contribution is 7.17. The monoisotopic (exact) mass is 327 g/mol. The Morgan fingerprint density at radius 2 is 2.09 bits per heavy atom. The van der Waals surface area contributed by atoms with Crippen LogP contribution in [0.2, 0.25) is 0 Å². The lowest BCUT2D eigenvalue weighted by Gasteiger charge is -2.01. The molecule has 0 aliphatic carbocycles. The highest BCUT2D eigenvalue weighted by Crippen LogP contribution is 2.23. The Bertz CT molecular complexity index is 879. The van der Waals surface area contributed by atoms with Crippen molar-refractivity contribution >= 4 is 39.1 Å². The highest BCUT2D eigenvalue weighted by Gasteiger charge is 2.13. The fourth-order valence-electron chi connectivity index (χ4n) is 2.54. The number of benzene rings is 1. The number of nitrogens with zero attached hydrogens (tertiary/aromatic N) is 1. The fourth-order valence-corrected chi connectivity index (χ4v) is 3.42. The van der Waals surface area contributed by atoms with Gasteiger partial charge in [-0.2, -0.15) is 0 Å². The van der Waals surface area contributed by atoms with E-state index < -0.39 is 0 Å². The maximum absolute atomic E-state index is 12.1. The lowest BCUT2D eigenvalue weighted by Crippen LogP contribution is -2.12. The predicted molar refractivity (Wildman–Crippen MR) is 92.1 cm³/mol. The number of rotatable bonds is 5. The number of aryl methyl sites for hydroxylation is 2. The normalized spacial score (nSPS) is 10.9. The van der Waals surface area contributed by atoms with E-state index in [9.17, 15) is 9.59 Å². The molecule has 3 rings (SSSR count). The molecule has 0 unspecified atom stereocenters.